The highest BCUT2D eigenvalue weighted by molar-refractivity contribution is 5.97. The van der Waals surface area contributed by atoms with Crippen molar-refractivity contribution in [1.82, 2.24) is 0 Å². The molecular formula is C19H18. The molecule has 0 aliphatic carbocycles. The lowest BCUT2D eigenvalue weighted by molar-refractivity contribution is 0.869. The lowest BCUT2D eigenvalue weighted by Gasteiger charge is -2.13. The Morgan fingerprint density at radius 2 is 1.53 bits per heavy atom. The Bertz CT molecular complexity index is 1200. The zero-order chi connectivity index (χ0) is 22.8. The maximum atomic E-state index is 8.71. The van der Waals surface area contributed by atoms with E-state index in [9.17, 15) is 0 Å². The van der Waals surface area contributed by atoms with E-state index in [0.717, 1.165) is 0 Å². The van der Waals surface area contributed by atoms with Crippen molar-refractivity contribution < 1.29 is 15.1 Å². The third kappa shape index (κ3) is 2.26. The molecule has 0 saturated heterocycles. The molecule has 0 nitrogen and oxygen atoms in total. The van der Waals surface area contributed by atoms with Crippen LogP contribution in [0, 0.1) is 0 Å². The monoisotopic (exact) mass is 257 g/mol. The molecule has 0 radical (unpaired) electrons. The molecule has 3 rings (SSSR count). The van der Waals surface area contributed by atoms with Crippen molar-refractivity contribution in [3.05, 3.63) is 72.0 Å². The number of benzene rings is 3. The summed E-state index contributed by atoms with van der Waals surface area (Å²) in [5.41, 5.74) is -0.328. The Morgan fingerprint density at radius 3 is 2.26 bits per heavy atom. The van der Waals surface area contributed by atoms with Crippen LogP contribution in [-0.4, -0.2) is 0 Å². The molecule has 0 aliphatic rings. The van der Waals surface area contributed by atoms with Gasteiger partial charge in [0.05, 0.1) is 15.1 Å². The molecule has 0 heterocycles. The maximum absolute atomic E-state index is 8.71. The minimum Gasteiger partial charge on any atom is -0.0622 e. The van der Waals surface area contributed by atoms with E-state index in [1.165, 1.54) is 0 Å². The van der Waals surface area contributed by atoms with E-state index in [4.69, 9.17) is 15.1 Å². The van der Waals surface area contributed by atoms with Crippen LogP contribution in [0.2, 0.25) is 0 Å². The molecule has 0 amide bonds. The van der Waals surface area contributed by atoms with Crippen molar-refractivity contribution in [2.75, 3.05) is 0 Å². The Balaban J connectivity index is 2.77. The predicted molar refractivity (Wildman–Crippen MR) is 83.5 cm³/mol. The van der Waals surface area contributed by atoms with Gasteiger partial charge in [-0.1, -0.05) is 80.3 Å². The summed E-state index contributed by atoms with van der Waals surface area (Å²) < 4.78 is 90.2. The van der Waals surface area contributed by atoms with Crippen molar-refractivity contribution in [2.24, 2.45) is 0 Å². The molecular weight excluding hydrogens is 228 g/mol. The van der Waals surface area contributed by atoms with Crippen LogP contribution in [0.4, 0.5) is 0 Å². The van der Waals surface area contributed by atoms with E-state index in [1.54, 1.807) is 13.8 Å². The van der Waals surface area contributed by atoms with Crippen molar-refractivity contribution in [1.29, 1.82) is 0 Å². The highest BCUT2D eigenvalue weighted by Gasteiger charge is 2.07. The first-order chi connectivity index (χ1) is 13.8. The lowest BCUT2D eigenvalue weighted by Crippen LogP contribution is -1.90. The van der Waals surface area contributed by atoms with Gasteiger partial charge in [0.1, 0.15) is 0 Å². The minimum absolute atomic E-state index is 0.137. The summed E-state index contributed by atoms with van der Waals surface area (Å²) in [6.07, 6.45) is 0. The standard InChI is InChI=1S/C19H18/c1-14(2)17-12-16-10-6-7-11-18(16)19(13-17)15-8-4-3-5-9-15/h3-14H,1-2H3/i3D,4D,5D,6D,7D,8D,9D,10D,11D,12D,13D. The van der Waals surface area contributed by atoms with Gasteiger partial charge >= 0.3 is 0 Å². The summed E-state index contributed by atoms with van der Waals surface area (Å²) in [7, 11) is 0. The summed E-state index contributed by atoms with van der Waals surface area (Å²) in [6.45, 7) is 3.43. The summed E-state index contributed by atoms with van der Waals surface area (Å²) in [5.74, 6) is -0.378. The van der Waals surface area contributed by atoms with Gasteiger partial charge in [0, 0.05) is 0 Å². The second-order valence-corrected chi connectivity index (χ2v) is 4.44. The molecule has 0 aromatic heterocycles. The average Bonchev–Trinajstić information content (AvgIpc) is 2.68. The van der Waals surface area contributed by atoms with Gasteiger partial charge in [-0.05, 0) is 33.4 Å². The van der Waals surface area contributed by atoms with Gasteiger partial charge in [0.2, 0.25) is 0 Å². The number of fused-ring (bicyclic) bond motifs is 1. The van der Waals surface area contributed by atoms with E-state index in [-0.39, 0.29) is 45.5 Å². The zero-order valence-corrected chi connectivity index (χ0v) is 10.6. The first-order valence-electron chi connectivity index (χ1n) is 11.4. The fourth-order valence-electron chi connectivity index (χ4n) is 1.81. The Labute approximate surface area is 130 Å². The van der Waals surface area contributed by atoms with Crippen LogP contribution >= 0.6 is 0 Å². The molecule has 0 N–H and O–H groups in total. The molecule has 19 heavy (non-hydrogen) atoms. The zero-order valence-electron chi connectivity index (χ0n) is 21.6. The van der Waals surface area contributed by atoms with E-state index >= 15 is 0 Å². The van der Waals surface area contributed by atoms with Crippen molar-refractivity contribution in [3.63, 3.8) is 0 Å². The van der Waals surface area contributed by atoms with E-state index in [0.29, 0.717) is 0 Å². The van der Waals surface area contributed by atoms with Gasteiger partial charge in [-0.3, -0.25) is 0 Å². The van der Waals surface area contributed by atoms with Crippen LogP contribution < -0.4 is 0 Å². The van der Waals surface area contributed by atoms with Gasteiger partial charge in [-0.2, -0.15) is 0 Å². The quantitative estimate of drug-likeness (QED) is 0.558. The second kappa shape index (κ2) is 4.89. The van der Waals surface area contributed by atoms with Gasteiger partial charge in [0.15, 0.2) is 0 Å². The van der Waals surface area contributed by atoms with Crippen LogP contribution in [0.25, 0.3) is 21.9 Å². The first kappa shape index (κ1) is 4.79. The van der Waals surface area contributed by atoms with Crippen LogP contribution in [0.5, 0.6) is 0 Å². The third-order valence-electron chi connectivity index (χ3n) is 2.78. The fraction of sp³-hybridized carbons (Fsp3) is 0.158. The van der Waals surface area contributed by atoms with Crippen LogP contribution in [0.15, 0.2) is 66.5 Å². The van der Waals surface area contributed by atoms with Gasteiger partial charge in [0.25, 0.3) is 0 Å². The molecule has 0 aliphatic heterocycles. The van der Waals surface area contributed by atoms with Crippen molar-refractivity contribution >= 4 is 10.8 Å². The average molecular weight is 257 g/mol. The first-order valence-corrected chi connectivity index (χ1v) is 5.94. The van der Waals surface area contributed by atoms with Crippen molar-refractivity contribution in [2.45, 2.75) is 19.8 Å². The van der Waals surface area contributed by atoms with E-state index < -0.39 is 54.4 Å². The Hall–Kier alpha value is -2.08. The third-order valence-corrected chi connectivity index (χ3v) is 2.78. The summed E-state index contributed by atoms with van der Waals surface area (Å²) in [5, 5.41) is -0.332. The SMILES string of the molecule is [2H]c1c([2H])c([2H])c(-c2c([2H])c(C(C)C)c([2H])c3c([2H])c([2H])c([2H])c([2H])c23)c([2H])c1[2H]. The normalized spacial score (nSPS) is 19.2. The fourth-order valence-corrected chi connectivity index (χ4v) is 1.81. The lowest BCUT2D eigenvalue weighted by atomic mass is 9.92. The topological polar surface area (TPSA) is 0 Å². The smallest absolute Gasteiger partial charge is 0.0622 e. The Kier molecular flexibility index (Phi) is 1.23. The second-order valence-electron chi connectivity index (χ2n) is 4.44. The summed E-state index contributed by atoms with van der Waals surface area (Å²) >= 11 is 0. The molecule has 0 unspecified atom stereocenters. The molecule has 94 valence electrons. The number of hydrogen-bond acceptors (Lipinski definition) is 0. The van der Waals surface area contributed by atoms with Crippen molar-refractivity contribution in [3.8, 4) is 11.1 Å². The highest BCUT2D eigenvalue weighted by atomic mass is 14.1. The molecule has 3 aromatic carbocycles. The summed E-state index contributed by atoms with van der Waals surface area (Å²) in [4.78, 5) is 0. The van der Waals surface area contributed by atoms with Crippen LogP contribution in [-0.2, 0) is 0 Å². The predicted octanol–water partition coefficient (Wildman–Crippen LogP) is 5.63. The van der Waals surface area contributed by atoms with E-state index in [1.807, 2.05) is 0 Å². The van der Waals surface area contributed by atoms with Gasteiger partial charge in [-0.15, -0.1) is 0 Å². The molecule has 0 atom stereocenters. The highest BCUT2D eigenvalue weighted by Crippen LogP contribution is 2.32. The minimum atomic E-state index is -0.611. The number of rotatable bonds is 2. The Morgan fingerprint density at radius 1 is 0.842 bits per heavy atom. The molecule has 0 saturated carbocycles. The molecule has 3 aromatic rings. The van der Waals surface area contributed by atoms with Gasteiger partial charge < -0.3 is 0 Å². The van der Waals surface area contributed by atoms with Gasteiger partial charge in [-0.25, -0.2) is 0 Å². The molecule has 0 bridgehead atoms. The molecule has 0 spiro atoms. The molecule has 0 fully saturated rings. The maximum Gasteiger partial charge on any atom is 0.0632 e. The van der Waals surface area contributed by atoms with E-state index in [2.05, 4.69) is 0 Å². The van der Waals surface area contributed by atoms with Crippen LogP contribution in [0.1, 0.15) is 40.4 Å². The van der Waals surface area contributed by atoms with Crippen LogP contribution in [0.3, 0.4) is 0 Å². The largest absolute Gasteiger partial charge is 0.0632 e. The molecule has 0 heteroatoms. The number of hydrogen-bond donors (Lipinski definition) is 0. The summed E-state index contributed by atoms with van der Waals surface area (Å²) in [6, 6.07) is -5.60.